The Hall–Kier alpha value is -2.93. The van der Waals surface area contributed by atoms with Crippen LogP contribution < -0.4 is 10.6 Å². The van der Waals surface area contributed by atoms with Crippen LogP contribution in [0.1, 0.15) is 68.2 Å². The third-order valence-corrected chi connectivity index (χ3v) is 7.96. The maximum Gasteiger partial charge on any atom is 0.326 e. The first-order valence-electron chi connectivity index (χ1n) is 13.6. The number of nitrogens with zero attached hydrogens (tertiary/aromatic N) is 2. The Morgan fingerprint density at radius 1 is 1.11 bits per heavy atom. The molecule has 2 saturated carbocycles. The van der Waals surface area contributed by atoms with Crippen molar-refractivity contribution in [1.82, 2.24) is 15.2 Å². The molecule has 192 valence electrons. The molecule has 2 fully saturated rings. The van der Waals surface area contributed by atoms with E-state index < -0.39 is 17.4 Å². The molecule has 1 aliphatic heterocycles. The monoisotopic (exact) mass is 490 g/mol. The number of hydrogen-bond acceptors (Lipinski definition) is 5. The average molecular weight is 491 g/mol. The van der Waals surface area contributed by atoms with Gasteiger partial charge in [-0.2, -0.15) is 0 Å². The molecule has 0 spiro atoms. The molecule has 2 aromatic rings. The first-order chi connectivity index (χ1) is 17.5. The summed E-state index contributed by atoms with van der Waals surface area (Å²) in [6.07, 6.45) is 9.71. The highest BCUT2D eigenvalue weighted by atomic mass is 16.4. The smallest absolute Gasteiger partial charge is 0.326 e. The van der Waals surface area contributed by atoms with Crippen molar-refractivity contribution in [3.8, 4) is 0 Å². The van der Waals surface area contributed by atoms with Gasteiger partial charge in [-0.15, -0.1) is 0 Å². The minimum atomic E-state index is -0.949. The van der Waals surface area contributed by atoms with Gasteiger partial charge in [0.1, 0.15) is 11.9 Å². The lowest BCUT2D eigenvalue weighted by Crippen LogP contribution is -2.47. The molecule has 0 bridgehead atoms. The van der Waals surface area contributed by atoms with Crippen molar-refractivity contribution in [3.05, 3.63) is 59.3 Å². The summed E-state index contributed by atoms with van der Waals surface area (Å²) in [7, 11) is 0. The van der Waals surface area contributed by atoms with Gasteiger partial charge in [-0.1, -0.05) is 36.4 Å². The van der Waals surface area contributed by atoms with Crippen molar-refractivity contribution in [2.45, 2.75) is 81.7 Å². The van der Waals surface area contributed by atoms with Crippen molar-refractivity contribution >= 4 is 17.7 Å². The molecule has 1 amide bonds. The zero-order valence-corrected chi connectivity index (χ0v) is 21.0. The molecule has 1 aromatic carbocycles. The third kappa shape index (κ3) is 5.89. The van der Waals surface area contributed by atoms with E-state index in [0.29, 0.717) is 19.0 Å². The van der Waals surface area contributed by atoms with E-state index in [1.807, 2.05) is 30.3 Å². The maximum atomic E-state index is 13.1. The zero-order chi connectivity index (χ0) is 25.0. The number of aromatic nitrogens is 1. The number of nitrogens with one attached hydrogen (secondary N) is 2. The molecular weight excluding hydrogens is 452 g/mol. The number of unbranched alkanes of at least 4 members (excludes halogenated alkanes) is 1. The lowest BCUT2D eigenvalue weighted by molar-refractivity contribution is -0.142. The van der Waals surface area contributed by atoms with E-state index in [0.717, 1.165) is 68.7 Å². The van der Waals surface area contributed by atoms with Gasteiger partial charge in [0.05, 0.1) is 5.41 Å². The van der Waals surface area contributed by atoms with Gasteiger partial charge < -0.3 is 20.6 Å². The number of benzene rings is 1. The van der Waals surface area contributed by atoms with Crippen LogP contribution in [0.25, 0.3) is 0 Å². The first kappa shape index (κ1) is 24.8. The number of rotatable bonds is 13. The minimum absolute atomic E-state index is 0.147. The van der Waals surface area contributed by atoms with E-state index >= 15 is 0 Å². The standard InChI is InChI=1S/C29H38N4O3/c34-27(35)25(32-28(36)29(16-17-29)22-8-2-1-3-9-22)15-20-33(24-13-14-24)19-5-4-10-23-12-11-21-7-6-18-30-26(21)31-23/h1-3,8-9,11-12,24-25H,4-7,10,13-20H2,(H,30,31)(H,32,36)(H,34,35)/t25-/m0/s1. The van der Waals surface area contributed by atoms with Crippen molar-refractivity contribution < 1.29 is 14.7 Å². The Labute approximate surface area is 213 Å². The molecule has 5 rings (SSSR count). The van der Waals surface area contributed by atoms with Crippen LogP contribution in [0.5, 0.6) is 0 Å². The van der Waals surface area contributed by atoms with Gasteiger partial charge in [-0.05, 0) is 87.9 Å². The predicted octanol–water partition coefficient (Wildman–Crippen LogP) is 3.92. The van der Waals surface area contributed by atoms with Gasteiger partial charge in [-0.25, -0.2) is 9.78 Å². The predicted molar refractivity (Wildman–Crippen MR) is 140 cm³/mol. The molecular formula is C29H38N4O3. The number of amides is 1. The molecule has 0 unspecified atom stereocenters. The van der Waals surface area contributed by atoms with Crippen molar-refractivity contribution in [1.29, 1.82) is 0 Å². The van der Waals surface area contributed by atoms with Crippen LogP contribution in [0.3, 0.4) is 0 Å². The Bertz CT molecular complexity index is 1070. The second kappa shape index (κ2) is 11.0. The van der Waals surface area contributed by atoms with Gasteiger partial charge in [0.15, 0.2) is 0 Å². The van der Waals surface area contributed by atoms with E-state index in [-0.39, 0.29) is 5.91 Å². The number of fused-ring (bicyclic) bond motifs is 1. The number of aryl methyl sites for hydroxylation is 2. The lowest BCUT2D eigenvalue weighted by Gasteiger charge is -2.25. The number of carbonyl (C=O) groups is 2. The number of carboxylic acids is 1. The molecule has 1 aromatic heterocycles. The molecule has 1 atom stereocenters. The number of hydrogen-bond donors (Lipinski definition) is 3. The summed E-state index contributed by atoms with van der Waals surface area (Å²) in [6, 6.07) is 13.8. The summed E-state index contributed by atoms with van der Waals surface area (Å²) in [5.41, 5.74) is 2.89. The number of carboxylic acid groups (broad SMARTS) is 1. The van der Waals surface area contributed by atoms with Gasteiger partial charge in [-0.3, -0.25) is 4.79 Å². The summed E-state index contributed by atoms with van der Waals surface area (Å²) in [5, 5.41) is 16.1. The summed E-state index contributed by atoms with van der Waals surface area (Å²) in [4.78, 5) is 32.3. The molecule has 3 aliphatic rings. The van der Waals surface area contributed by atoms with Crippen molar-refractivity contribution in [3.63, 3.8) is 0 Å². The average Bonchev–Trinajstić information content (AvgIpc) is 3.82. The Morgan fingerprint density at radius 3 is 2.64 bits per heavy atom. The van der Waals surface area contributed by atoms with E-state index in [1.165, 1.54) is 24.8 Å². The Morgan fingerprint density at radius 2 is 1.92 bits per heavy atom. The van der Waals surface area contributed by atoms with E-state index in [2.05, 4.69) is 27.7 Å². The number of pyridine rings is 1. The van der Waals surface area contributed by atoms with Crippen LogP contribution in [-0.4, -0.2) is 58.6 Å². The highest BCUT2D eigenvalue weighted by Gasteiger charge is 2.51. The van der Waals surface area contributed by atoms with E-state index in [4.69, 9.17) is 4.98 Å². The summed E-state index contributed by atoms with van der Waals surface area (Å²) in [5.74, 6) is -0.0403. The quantitative estimate of drug-likeness (QED) is 0.369. The normalized spacial score (nSPS) is 18.7. The van der Waals surface area contributed by atoms with Crippen molar-refractivity contribution in [2.24, 2.45) is 0 Å². The fourth-order valence-electron chi connectivity index (χ4n) is 5.42. The maximum absolute atomic E-state index is 13.1. The second-order valence-corrected chi connectivity index (χ2v) is 10.7. The van der Waals surface area contributed by atoms with Crippen LogP contribution in [0.15, 0.2) is 42.5 Å². The third-order valence-electron chi connectivity index (χ3n) is 7.96. The van der Waals surface area contributed by atoms with Crippen LogP contribution in [0, 0.1) is 0 Å². The highest BCUT2D eigenvalue weighted by molar-refractivity contribution is 5.94. The molecule has 36 heavy (non-hydrogen) atoms. The van der Waals surface area contributed by atoms with E-state index in [9.17, 15) is 14.7 Å². The van der Waals surface area contributed by atoms with Gasteiger partial charge >= 0.3 is 5.97 Å². The van der Waals surface area contributed by atoms with Crippen LogP contribution in [-0.2, 0) is 27.8 Å². The zero-order valence-electron chi connectivity index (χ0n) is 21.0. The van der Waals surface area contributed by atoms with Gasteiger partial charge in [0.25, 0.3) is 0 Å². The van der Waals surface area contributed by atoms with Crippen LogP contribution in [0.4, 0.5) is 5.82 Å². The molecule has 2 aliphatic carbocycles. The summed E-state index contributed by atoms with van der Waals surface area (Å²) < 4.78 is 0. The molecule has 2 heterocycles. The highest BCUT2D eigenvalue weighted by Crippen LogP contribution is 2.48. The second-order valence-electron chi connectivity index (χ2n) is 10.7. The van der Waals surface area contributed by atoms with Crippen LogP contribution in [0.2, 0.25) is 0 Å². The fourth-order valence-corrected chi connectivity index (χ4v) is 5.42. The lowest BCUT2D eigenvalue weighted by atomic mass is 9.94. The molecule has 0 radical (unpaired) electrons. The first-order valence-corrected chi connectivity index (χ1v) is 13.6. The van der Waals surface area contributed by atoms with E-state index in [1.54, 1.807) is 0 Å². The topological polar surface area (TPSA) is 94.6 Å². The van der Waals surface area contributed by atoms with Crippen molar-refractivity contribution in [2.75, 3.05) is 25.0 Å². The fraction of sp³-hybridized carbons (Fsp3) is 0.552. The molecule has 7 nitrogen and oxygen atoms in total. The van der Waals surface area contributed by atoms with Gasteiger partial charge in [0, 0.05) is 24.8 Å². The van der Waals surface area contributed by atoms with Gasteiger partial charge in [0.2, 0.25) is 5.91 Å². The number of carbonyl (C=O) groups excluding carboxylic acids is 1. The summed E-state index contributed by atoms with van der Waals surface area (Å²) >= 11 is 0. The van der Waals surface area contributed by atoms with Crippen LogP contribution >= 0.6 is 0 Å². The number of anilines is 1. The summed E-state index contributed by atoms with van der Waals surface area (Å²) in [6.45, 7) is 2.66. The Kier molecular flexibility index (Phi) is 7.56. The SMILES string of the molecule is O=C(O)[C@H](CCN(CCCCc1ccc2c(n1)NCCC2)C1CC1)NC(=O)C1(c2ccccc2)CC1. The number of aliphatic carboxylic acids is 1. The molecule has 0 saturated heterocycles. The Balaban J connectivity index is 1.09. The largest absolute Gasteiger partial charge is 0.480 e. The molecule has 3 N–H and O–H groups in total. The minimum Gasteiger partial charge on any atom is -0.480 e. The molecule has 7 heteroatoms.